The van der Waals surface area contributed by atoms with Gasteiger partial charge in [0.1, 0.15) is 11.6 Å². The van der Waals surface area contributed by atoms with Crippen molar-refractivity contribution in [2.24, 2.45) is 0 Å². The standard InChI is InChI=1S/C15H18N2O2/c1-19-14-7-3-2-5-11(14)9-15-16-10-12-13(18)6-4-8-17(12)15/h2-3,5,7,10,13,18H,4,6,8-9H2,1H3. The predicted octanol–water partition coefficient (Wildman–Crippen LogP) is 2.31. The van der Waals surface area contributed by atoms with Gasteiger partial charge in [-0.15, -0.1) is 0 Å². The first-order chi connectivity index (χ1) is 9.29. The smallest absolute Gasteiger partial charge is 0.122 e. The van der Waals surface area contributed by atoms with Crippen molar-refractivity contribution in [1.82, 2.24) is 9.55 Å². The van der Waals surface area contributed by atoms with E-state index in [0.717, 1.165) is 48.6 Å². The second-order valence-electron chi connectivity index (χ2n) is 4.90. The van der Waals surface area contributed by atoms with E-state index < -0.39 is 0 Å². The molecule has 0 radical (unpaired) electrons. The molecule has 1 unspecified atom stereocenters. The number of nitrogens with zero attached hydrogens (tertiary/aromatic N) is 2. The van der Waals surface area contributed by atoms with Gasteiger partial charge in [-0.3, -0.25) is 0 Å². The summed E-state index contributed by atoms with van der Waals surface area (Å²) < 4.78 is 7.51. The monoisotopic (exact) mass is 258 g/mol. The van der Waals surface area contributed by atoms with Crippen LogP contribution in [0, 0.1) is 0 Å². The van der Waals surface area contributed by atoms with Crippen LogP contribution in [0.1, 0.15) is 36.0 Å². The first kappa shape index (κ1) is 12.2. The molecule has 1 N–H and O–H groups in total. The zero-order valence-corrected chi connectivity index (χ0v) is 11.0. The van der Waals surface area contributed by atoms with E-state index >= 15 is 0 Å². The van der Waals surface area contributed by atoms with Crippen LogP contribution in [-0.2, 0) is 13.0 Å². The molecule has 100 valence electrons. The van der Waals surface area contributed by atoms with Gasteiger partial charge < -0.3 is 14.4 Å². The summed E-state index contributed by atoms with van der Waals surface area (Å²) in [4.78, 5) is 4.47. The third-order valence-electron chi connectivity index (χ3n) is 3.71. The number of para-hydroxylation sites is 1. The molecule has 3 rings (SSSR count). The van der Waals surface area contributed by atoms with E-state index in [1.54, 1.807) is 13.3 Å². The molecule has 0 saturated heterocycles. The van der Waals surface area contributed by atoms with Gasteiger partial charge in [-0.1, -0.05) is 18.2 Å². The van der Waals surface area contributed by atoms with Crippen LogP contribution >= 0.6 is 0 Å². The molecule has 1 aromatic carbocycles. The van der Waals surface area contributed by atoms with Gasteiger partial charge in [-0.2, -0.15) is 0 Å². The Kier molecular flexibility index (Phi) is 3.25. The van der Waals surface area contributed by atoms with E-state index in [9.17, 15) is 5.11 Å². The van der Waals surface area contributed by atoms with E-state index in [4.69, 9.17) is 4.74 Å². The molecule has 1 aliphatic rings. The molecule has 2 aromatic rings. The summed E-state index contributed by atoms with van der Waals surface area (Å²) in [5.41, 5.74) is 2.06. The summed E-state index contributed by atoms with van der Waals surface area (Å²) >= 11 is 0. The molecule has 0 spiro atoms. The average molecular weight is 258 g/mol. The van der Waals surface area contributed by atoms with Crippen molar-refractivity contribution in [1.29, 1.82) is 0 Å². The first-order valence-electron chi connectivity index (χ1n) is 6.64. The van der Waals surface area contributed by atoms with Crippen LogP contribution in [0.4, 0.5) is 0 Å². The summed E-state index contributed by atoms with van der Waals surface area (Å²) in [5.74, 6) is 1.88. The largest absolute Gasteiger partial charge is 0.496 e. The number of aromatic nitrogens is 2. The highest BCUT2D eigenvalue weighted by atomic mass is 16.5. The van der Waals surface area contributed by atoms with Crippen LogP contribution in [0.3, 0.4) is 0 Å². The highest BCUT2D eigenvalue weighted by Crippen LogP contribution is 2.28. The summed E-state index contributed by atoms with van der Waals surface area (Å²) in [6, 6.07) is 7.99. The lowest BCUT2D eigenvalue weighted by molar-refractivity contribution is 0.138. The van der Waals surface area contributed by atoms with E-state index in [0.29, 0.717) is 0 Å². The van der Waals surface area contributed by atoms with Crippen LogP contribution in [0.25, 0.3) is 0 Å². The predicted molar refractivity (Wildman–Crippen MR) is 72.2 cm³/mol. The van der Waals surface area contributed by atoms with Crippen molar-refractivity contribution in [3.05, 3.63) is 47.5 Å². The Morgan fingerprint density at radius 3 is 3.11 bits per heavy atom. The maximum absolute atomic E-state index is 9.96. The number of benzene rings is 1. The molecule has 0 amide bonds. The van der Waals surface area contributed by atoms with Crippen LogP contribution in [0.2, 0.25) is 0 Å². The third-order valence-corrected chi connectivity index (χ3v) is 3.71. The van der Waals surface area contributed by atoms with Crippen molar-refractivity contribution in [3.8, 4) is 5.75 Å². The first-order valence-corrected chi connectivity index (χ1v) is 6.64. The number of imidazole rings is 1. The average Bonchev–Trinajstić information content (AvgIpc) is 2.84. The van der Waals surface area contributed by atoms with Gasteiger partial charge in [0.15, 0.2) is 0 Å². The number of aliphatic hydroxyl groups is 1. The summed E-state index contributed by atoms with van der Waals surface area (Å²) in [5, 5.41) is 9.96. The quantitative estimate of drug-likeness (QED) is 0.919. The summed E-state index contributed by atoms with van der Waals surface area (Å²) in [6.07, 6.45) is 4.00. The van der Waals surface area contributed by atoms with Gasteiger partial charge in [-0.25, -0.2) is 4.98 Å². The molecule has 0 aliphatic carbocycles. The number of hydrogen-bond acceptors (Lipinski definition) is 3. The Hall–Kier alpha value is -1.81. The molecule has 0 fully saturated rings. The van der Waals surface area contributed by atoms with Crippen LogP contribution in [-0.4, -0.2) is 21.8 Å². The number of hydrogen-bond donors (Lipinski definition) is 1. The van der Waals surface area contributed by atoms with Crippen LogP contribution in [0.5, 0.6) is 5.75 Å². The molecule has 4 nitrogen and oxygen atoms in total. The fraction of sp³-hybridized carbons (Fsp3) is 0.400. The maximum Gasteiger partial charge on any atom is 0.122 e. The zero-order chi connectivity index (χ0) is 13.2. The van der Waals surface area contributed by atoms with Gasteiger partial charge in [-0.05, 0) is 18.9 Å². The van der Waals surface area contributed by atoms with Crippen LogP contribution < -0.4 is 4.74 Å². The van der Waals surface area contributed by atoms with Crippen molar-refractivity contribution < 1.29 is 9.84 Å². The molecule has 19 heavy (non-hydrogen) atoms. The fourth-order valence-electron chi connectivity index (χ4n) is 2.70. The Labute approximate surface area is 112 Å². The third kappa shape index (κ3) is 2.24. The maximum atomic E-state index is 9.96. The van der Waals surface area contributed by atoms with Crippen LogP contribution in [0.15, 0.2) is 30.5 Å². The second kappa shape index (κ2) is 5.05. The second-order valence-corrected chi connectivity index (χ2v) is 4.90. The van der Waals surface area contributed by atoms with Gasteiger partial charge in [0.25, 0.3) is 0 Å². The molecular weight excluding hydrogens is 240 g/mol. The van der Waals surface area contributed by atoms with Crippen molar-refractivity contribution in [3.63, 3.8) is 0 Å². The zero-order valence-electron chi connectivity index (χ0n) is 11.0. The lowest BCUT2D eigenvalue weighted by atomic mass is 10.1. The number of fused-ring (bicyclic) bond motifs is 1. The minimum atomic E-state index is -0.368. The topological polar surface area (TPSA) is 47.3 Å². The van der Waals surface area contributed by atoms with Gasteiger partial charge >= 0.3 is 0 Å². The SMILES string of the molecule is COc1ccccc1Cc1ncc2n1CCCC2O. The molecule has 1 atom stereocenters. The molecule has 0 saturated carbocycles. The number of aliphatic hydroxyl groups excluding tert-OH is 1. The molecule has 1 aliphatic heterocycles. The molecule has 4 heteroatoms. The van der Waals surface area contributed by atoms with Crippen molar-refractivity contribution in [2.75, 3.05) is 7.11 Å². The summed E-state index contributed by atoms with van der Waals surface area (Å²) in [7, 11) is 1.68. The Balaban J connectivity index is 1.92. The molecular formula is C15H18N2O2. The lowest BCUT2D eigenvalue weighted by Gasteiger charge is -2.21. The summed E-state index contributed by atoms with van der Waals surface area (Å²) in [6.45, 7) is 0.941. The molecule has 0 bridgehead atoms. The highest BCUT2D eigenvalue weighted by molar-refractivity contribution is 5.35. The Morgan fingerprint density at radius 1 is 1.42 bits per heavy atom. The van der Waals surface area contributed by atoms with E-state index in [1.807, 2.05) is 18.2 Å². The van der Waals surface area contributed by atoms with E-state index in [2.05, 4.69) is 15.6 Å². The molecule has 2 heterocycles. The number of ether oxygens (including phenoxy) is 1. The minimum Gasteiger partial charge on any atom is -0.496 e. The minimum absolute atomic E-state index is 0.368. The van der Waals surface area contributed by atoms with Crippen molar-refractivity contribution >= 4 is 0 Å². The fourth-order valence-corrected chi connectivity index (χ4v) is 2.70. The van der Waals surface area contributed by atoms with Gasteiger partial charge in [0, 0.05) is 18.5 Å². The Morgan fingerprint density at radius 2 is 2.26 bits per heavy atom. The Bertz CT molecular complexity index is 577. The molecule has 1 aromatic heterocycles. The van der Waals surface area contributed by atoms with E-state index in [-0.39, 0.29) is 6.10 Å². The van der Waals surface area contributed by atoms with Gasteiger partial charge in [0.2, 0.25) is 0 Å². The number of methoxy groups -OCH3 is 1. The normalized spacial score (nSPS) is 18.1. The highest BCUT2D eigenvalue weighted by Gasteiger charge is 2.21. The lowest BCUT2D eigenvalue weighted by Crippen LogP contribution is -2.17. The number of rotatable bonds is 3. The van der Waals surface area contributed by atoms with Gasteiger partial charge in [0.05, 0.1) is 25.1 Å². The van der Waals surface area contributed by atoms with Crippen molar-refractivity contribution in [2.45, 2.75) is 31.9 Å². The van der Waals surface area contributed by atoms with E-state index in [1.165, 1.54) is 0 Å².